The number of amides is 1. The molecular weight excluding hydrogens is 334 g/mol. The summed E-state index contributed by atoms with van der Waals surface area (Å²) >= 11 is 0. The maximum absolute atomic E-state index is 12.2. The second kappa shape index (κ2) is 9.12. The maximum atomic E-state index is 12.2. The third-order valence-electron chi connectivity index (χ3n) is 4.10. The monoisotopic (exact) mass is 357 g/mol. The van der Waals surface area contributed by atoms with Gasteiger partial charge in [0.25, 0.3) is 5.91 Å². The molecule has 0 bridgehead atoms. The van der Waals surface area contributed by atoms with Gasteiger partial charge in [0, 0.05) is 31.7 Å². The van der Waals surface area contributed by atoms with Crippen LogP contribution in [0, 0.1) is 0 Å². The fourth-order valence-electron chi connectivity index (χ4n) is 2.59. The Morgan fingerprint density at radius 3 is 2.46 bits per heavy atom. The van der Waals surface area contributed by atoms with Crippen molar-refractivity contribution in [1.29, 1.82) is 0 Å². The lowest BCUT2D eigenvalue weighted by atomic mass is 10.2. The number of nitrogens with one attached hydrogen (secondary N) is 2. The first-order valence-corrected chi connectivity index (χ1v) is 8.58. The highest BCUT2D eigenvalue weighted by molar-refractivity contribution is 6.03. The van der Waals surface area contributed by atoms with E-state index in [9.17, 15) is 4.79 Å². The van der Waals surface area contributed by atoms with Gasteiger partial charge >= 0.3 is 0 Å². The zero-order valence-corrected chi connectivity index (χ0v) is 14.8. The fraction of sp³-hybridized carbons (Fsp3) is 0.389. The van der Waals surface area contributed by atoms with Crippen LogP contribution in [0.5, 0.6) is 5.75 Å². The summed E-state index contributed by atoms with van der Waals surface area (Å²) in [5, 5.41) is 14.1. The van der Waals surface area contributed by atoms with Crippen molar-refractivity contribution in [2.45, 2.75) is 0 Å². The number of morpholine rings is 1. The summed E-state index contributed by atoms with van der Waals surface area (Å²) in [6.07, 6.45) is 0. The Kier molecular flexibility index (Phi) is 6.34. The van der Waals surface area contributed by atoms with E-state index in [1.807, 2.05) is 0 Å². The number of nitrogens with zero attached hydrogens (tertiary/aromatic N) is 3. The van der Waals surface area contributed by atoms with Gasteiger partial charge in [-0.1, -0.05) is 0 Å². The summed E-state index contributed by atoms with van der Waals surface area (Å²) < 4.78 is 10.4. The van der Waals surface area contributed by atoms with Crippen LogP contribution in [0.1, 0.15) is 10.4 Å². The summed E-state index contributed by atoms with van der Waals surface area (Å²) in [4.78, 5) is 14.5. The third kappa shape index (κ3) is 5.14. The first-order chi connectivity index (χ1) is 12.7. The highest BCUT2D eigenvalue weighted by Crippen LogP contribution is 2.13. The van der Waals surface area contributed by atoms with Gasteiger partial charge in [-0.3, -0.25) is 9.69 Å². The minimum absolute atomic E-state index is 0.241. The predicted octanol–water partition coefficient (Wildman–Crippen LogP) is 1.48. The Balaban J connectivity index is 1.46. The van der Waals surface area contributed by atoms with Crippen molar-refractivity contribution in [3.63, 3.8) is 0 Å². The zero-order valence-electron chi connectivity index (χ0n) is 14.8. The molecule has 138 valence electrons. The van der Waals surface area contributed by atoms with E-state index in [0.29, 0.717) is 22.9 Å². The van der Waals surface area contributed by atoms with Gasteiger partial charge < -0.3 is 20.1 Å². The lowest BCUT2D eigenvalue weighted by Crippen LogP contribution is -2.39. The smallest absolute Gasteiger partial charge is 0.256 e. The number of ether oxygens (including phenoxy) is 2. The second-order valence-electron chi connectivity index (χ2n) is 5.87. The molecule has 1 aliphatic heterocycles. The molecule has 1 aromatic carbocycles. The van der Waals surface area contributed by atoms with Gasteiger partial charge in [-0.05, 0) is 36.4 Å². The van der Waals surface area contributed by atoms with Crippen molar-refractivity contribution in [3.05, 3.63) is 42.0 Å². The quantitative estimate of drug-likeness (QED) is 0.776. The number of anilines is 2. The average Bonchev–Trinajstić information content (AvgIpc) is 2.70. The molecule has 1 amide bonds. The number of aromatic nitrogens is 2. The largest absolute Gasteiger partial charge is 0.497 e. The molecule has 8 heteroatoms. The lowest BCUT2D eigenvalue weighted by Gasteiger charge is -2.26. The molecule has 0 atom stereocenters. The van der Waals surface area contributed by atoms with Gasteiger partial charge in [0.05, 0.1) is 20.3 Å². The molecule has 26 heavy (non-hydrogen) atoms. The van der Waals surface area contributed by atoms with Crippen LogP contribution >= 0.6 is 0 Å². The Morgan fingerprint density at radius 2 is 1.81 bits per heavy atom. The number of hydrogen-bond donors (Lipinski definition) is 2. The molecule has 2 aromatic rings. The highest BCUT2D eigenvalue weighted by Gasteiger charge is 2.10. The molecule has 2 N–H and O–H groups in total. The predicted molar refractivity (Wildman–Crippen MR) is 98.7 cm³/mol. The summed E-state index contributed by atoms with van der Waals surface area (Å²) in [7, 11) is 1.58. The molecule has 1 saturated heterocycles. The molecule has 1 aliphatic rings. The molecule has 1 fully saturated rings. The number of benzene rings is 1. The number of rotatable bonds is 7. The van der Waals surface area contributed by atoms with Gasteiger partial charge in [-0.2, -0.15) is 0 Å². The SMILES string of the molecule is COc1ccc(C(=O)Nc2ccc(NCCN3CCOCC3)nn2)cc1. The third-order valence-corrected chi connectivity index (χ3v) is 4.10. The van der Waals surface area contributed by atoms with Crippen molar-refractivity contribution in [2.24, 2.45) is 0 Å². The van der Waals surface area contributed by atoms with Gasteiger partial charge in [-0.15, -0.1) is 10.2 Å². The lowest BCUT2D eigenvalue weighted by molar-refractivity contribution is 0.0398. The molecule has 0 saturated carbocycles. The van der Waals surface area contributed by atoms with E-state index >= 15 is 0 Å². The van der Waals surface area contributed by atoms with E-state index in [-0.39, 0.29) is 5.91 Å². The zero-order chi connectivity index (χ0) is 18.2. The Labute approximate surface area is 152 Å². The summed E-state index contributed by atoms with van der Waals surface area (Å²) in [5.41, 5.74) is 0.528. The van der Waals surface area contributed by atoms with Crippen LogP contribution in [0.2, 0.25) is 0 Å². The summed E-state index contributed by atoms with van der Waals surface area (Å²) in [6.45, 7) is 5.23. The molecule has 3 rings (SSSR count). The highest BCUT2D eigenvalue weighted by atomic mass is 16.5. The van der Waals surface area contributed by atoms with Crippen molar-refractivity contribution in [1.82, 2.24) is 15.1 Å². The standard InChI is InChI=1S/C18H23N5O3/c1-25-15-4-2-14(3-5-15)18(24)20-17-7-6-16(21-22-17)19-8-9-23-10-12-26-13-11-23/h2-7H,8-13H2,1H3,(H,19,21)(H,20,22,24). The molecule has 0 unspecified atom stereocenters. The molecule has 0 spiro atoms. The molecule has 1 aromatic heterocycles. The van der Waals surface area contributed by atoms with Crippen LogP contribution in [-0.2, 0) is 4.74 Å². The molecule has 0 radical (unpaired) electrons. The molecule has 8 nitrogen and oxygen atoms in total. The number of hydrogen-bond acceptors (Lipinski definition) is 7. The van der Waals surface area contributed by atoms with E-state index in [1.54, 1.807) is 43.5 Å². The van der Waals surface area contributed by atoms with Crippen molar-refractivity contribution in [2.75, 3.05) is 57.1 Å². The van der Waals surface area contributed by atoms with Gasteiger partial charge in [-0.25, -0.2) is 0 Å². The fourth-order valence-corrected chi connectivity index (χ4v) is 2.59. The van der Waals surface area contributed by atoms with Crippen LogP contribution in [0.4, 0.5) is 11.6 Å². The van der Waals surface area contributed by atoms with Gasteiger partial charge in [0.1, 0.15) is 11.6 Å². The van der Waals surface area contributed by atoms with Crippen LogP contribution in [0.3, 0.4) is 0 Å². The first-order valence-electron chi connectivity index (χ1n) is 8.58. The normalized spacial score (nSPS) is 14.7. The average molecular weight is 357 g/mol. The van der Waals surface area contributed by atoms with Crippen LogP contribution in [-0.4, -0.2) is 67.5 Å². The minimum Gasteiger partial charge on any atom is -0.497 e. The number of carbonyl (C=O) groups is 1. The van der Waals surface area contributed by atoms with E-state index in [1.165, 1.54) is 0 Å². The van der Waals surface area contributed by atoms with E-state index in [0.717, 1.165) is 39.4 Å². The van der Waals surface area contributed by atoms with Crippen molar-refractivity contribution < 1.29 is 14.3 Å². The van der Waals surface area contributed by atoms with Crippen molar-refractivity contribution in [3.8, 4) is 5.75 Å². The maximum Gasteiger partial charge on any atom is 0.256 e. The van der Waals surface area contributed by atoms with E-state index < -0.39 is 0 Å². The summed E-state index contributed by atoms with van der Waals surface area (Å²) in [6, 6.07) is 10.4. The molecule has 0 aliphatic carbocycles. The Bertz CT molecular complexity index is 700. The van der Waals surface area contributed by atoms with E-state index in [2.05, 4.69) is 25.7 Å². The second-order valence-corrected chi connectivity index (χ2v) is 5.87. The number of methoxy groups -OCH3 is 1. The topological polar surface area (TPSA) is 88.6 Å². The molecular formula is C18H23N5O3. The minimum atomic E-state index is -0.241. The first kappa shape index (κ1) is 18.1. The Hall–Kier alpha value is -2.71. The van der Waals surface area contributed by atoms with Crippen LogP contribution < -0.4 is 15.4 Å². The van der Waals surface area contributed by atoms with E-state index in [4.69, 9.17) is 9.47 Å². The van der Waals surface area contributed by atoms with Crippen LogP contribution in [0.15, 0.2) is 36.4 Å². The van der Waals surface area contributed by atoms with Gasteiger partial charge in [0.2, 0.25) is 0 Å². The van der Waals surface area contributed by atoms with Crippen molar-refractivity contribution >= 4 is 17.5 Å². The summed E-state index contributed by atoms with van der Waals surface area (Å²) in [5.74, 6) is 1.55. The van der Waals surface area contributed by atoms with Crippen LogP contribution in [0.25, 0.3) is 0 Å². The number of carbonyl (C=O) groups excluding carboxylic acids is 1. The molecule has 2 heterocycles. The Morgan fingerprint density at radius 1 is 1.12 bits per heavy atom. The van der Waals surface area contributed by atoms with Gasteiger partial charge in [0.15, 0.2) is 5.82 Å².